The highest BCUT2D eigenvalue weighted by molar-refractivity contribution is 5.50. The Morgan fingerprint density at radius 3 is 2.28 bits per heavy atom. The predicted octanol–water partition coefficient (Wildman–Crippen LogP) is 2.10. The van der Waals surface area contributed by atoms with Crippen LogP contribution in [0.3, 0.4) is 0 Å². The number of nitrogens with two attached hydrogens (primary N) is 1. The van der Waals surface area contributed by atoms with Crippen molar-refractivity contribution in [2.45, 2.75) is 53.1 Å². The van der Waals surface area contributed by atoms with Gasteiger partial charge in [-0.1, -0.05) is 13.8 Å². The number of rotatable bonds is 5. The maximum atomic E-state index is 5.95. The molecule has 4 heteroatoms. The summed E-state index contributed by atoms with van der Waals surface area (Å²) >= 11 is 0. The zero-order valence-corrected chi connectivity index (χ0v) is 12.9. The van der Waals surface area contributed by atoms with E-state index in [2.05, 4.69) is 44.7 Å². The number of aryl methyl sites for hydroxylation is 2. The van der Waals surface area contributed by atoms with Crippen molar-refractivity contribution in [1.29, 1.82) is 0 Å². The molecule has 0 aromatic carbocycles. The van der Waals surface area contributed by atoms with Crippen molar-refractivity contribution in [2.75, 3.05) is 11.9 Å². The molecule has 0 amide bonds. The molecule has 18 heavy (non-hydrogen) atoms. The third kappa shape index (κ3) is 3.05. The third-order valence-corrected chi connectivity index (χ3v) is 3.75. The Morgan fingerprint density at radius 1 is 1.28 bits per heavy atom. The van der Waals surface area contributed by atoms with Crippen molar-refractivity contribution in [3.63, 3.8) is 0 Å². The molecule has 0 bridgehead atoms. The van der Waals surface area contributed by atoms with Crippen molar-refractivity contribution in [2.24, 2.45) is 18.7 Å². The van der Waals surface area contributed by atoms with Crippen molar-refractivity contribution in [3.8, 4) is 0 Å². The summed E-state index contributed by atoms with van der Waals surface area (Å²) in [4.78, 5) is 2.32. The quantitative estimate of drug-likeness (QED) is 0.873. The highest BCUT2D eigenvalue weighted by Crippen LogP contribution is 2.26. The first kappa shape index (κ1) is 15.0. The van der Waals surface area contributed by atoms with Crippen molar-refractivity contribution in [3.05, 3.63) is 11.3 Å². The molecule has 0 aliphatic rings. The number of anilines is 1. The molecule has 0 spiro atoms. The molecule has 1 aromatic rings. The van der Waals surface area contributed by atoms with Crippen LogP contribution in [0.2, 0.25) is 0 Å². The SMILES string of the molecule is Cc1nn(C)c(N(C)C(C)C(C)C)c1CC(C)N. The summed E-state index contributed by atoms with van der Waals surface area (Å²) in [6.07, 6.45) is 0.879. The summed E-state index contributed by atoms with van der Waals surface area (Å²) in [6.45, 7) is 10.9. The van der Waals surface area contributed by atoms with Gasteiger partial charge in [0.1, 0.15) is 5.82 Å². The number of aromatic nitrogens is 2. The van der Waals surface area contributed by atoms with Crippen LogP contribution in [0.4, 0.5) is 5.82 Å². The van der Waals surface area contributed by atoms with E-state index in [-0.39, 0.29) is 6.04 Å². The van der Waals surface area contributed by atoms with E-state index in [1.165, 1.54) is 11.4 Å². The highest BCUT2D eigenvalue weighted by Gasteiger charge is 2.22. The van der Waals surface area contributed by atoms with Crippen LogP contribution in [0.15, 0.2) is 0 Å². The lowest BCUT2D eigenvalue weighted by atomic mass is 10.0. The monoisotopic (exact) mass is 252 g/mol. The summed E-state index contributed by atoms with van der Waals surface area (Å²) in [7, 11) is 4.16. The third-order valence-electron chi connectivity index (χ3n) is 3.75. The zero-order chi connectivity index (χ0) is 14.0. The van der Waals surface area contributed by atoms with E-state index in [0.717, 1.165) is 12.1 Å². The summed E-state index contributed by atoms with van der Waals surface area (Å²) in [5.74, 6) is 1.80. The Morgan fingerprint density at radius 2 is 1.83 bits per heavy atom. The molecule has 2 N–H and O–H groups in total. The molecule has 0 aliphatic heterocycles. The largest absolute Gasteiger partial charge is 0.357 e. The fourth-order valence-corrected chi connectivity index (χ4v) is 2.33. The van der Waals surface area contributed by atoms with Gasteiger partial charge in [0, 0.05) is 31.7 Å². The normalized spacial score (nSPS) is 14.9. The summed E-state index contributed by atoms with van der Waals surface area (Å²) in [5, 5.41) is 4.55. The molecule has 0 radical (unpaired) electrons. The van der Waals surface area contributed by atoms with Gasteiger partial charge in [0.25, 0.3) is 0 Å². The van der Waals surface area contributed by atoms with E-state index in [0.29, 0.717) is 12.0 Å². The van der Waals surface area contributed by atoms with Gasteiger partial charge < -0.3 is 10.6 Å². The van der Waals surface area contributed by atoms with Gasteiger partial charge in [-0.05, 0) is 33.1 Å². The molecule has 0 saturated heterocycles. The molecular formula is C14H28N4. The lowest BCUT2D eigenvalue weighted by Gasteiger charge is -2.31. The van der Waals surface area contributed by atoms with Crippen LogP contribution in [0.25, 0.3) is 0 Å². The van der Waals surface area contributed by atoms with Crippen molar-refractivity contribution >= 4 is 5.82 Å². The molecule has 0 saturated carbocycles. The molecular weight excluding hydrogens is 224 g/mol. The fourth-order valence-electron chi connectivity index (χ4n) is 2.33. The summed E-state index contributed by atoms with van der Waals surface area (Å²) < 4.78 is 1.98. The second kappa shape index (κ2) is 5.74. The summed E-state index contributed by atoms with van der Waals surface area (Å²) in [6, 6.07) is 0.640. The van der Waals surface area contributed by atoms with E-state index in [4.69, 9.17) is 5.73 Å². The molecule has 0 aliphatic carbocycles. The minimum Gasteiger partial charge on any atom is -0.357 e. The van der Waals surface area contributed by atoms with Gasteiger partial charge in [-0.3, -0.25) is 4.68 Å². The number of hydrogen-bond acceptors (Lipinski definition) is 3. The zero-order valence-electron chi connectivity index (χ0n) is 12.9. The Kier molecular flexibility index (Phi) is 4.79. The molecule has 2 atom stereocenters. The first-order valence-corrected chi connectivity index (χ1v) is 6.76. The minimum absolute atomic E-state index is 0.161. The second-order valence-corrected chi connectivity index (χ2v) is 5.79. The molecule has 0 fully saturated rings. The molecule has 4 nitrogen and oxygen atoms in total. The minimum atomic E-state index is 0.161. The van der Waals surface area contributed by atoms with E-state index in [9.17, 15) is 0 Å². The average Bonchev–Trinajstić information content (AvgIpc) is 2.51. The van der Waals surface area contributed by atoms with Gasteiger partial charge in [0.2, 0.25) is 0 Å². The molecule has 2 unspecified atom stereocenters. The smallest absolute Gasteiger partial charge is 0.130 e. The number of nitrogens with zero attached hydrogens (tertiary/aromatic N) is 3. The van der Waals surface area contributed by atoms with E-state index < -0.39 is 0 Å². The molecule has 1 heterocycles. The Hall–Kier alpha value is -1.03. The van der Waals surface area contributed by atoms with Gasteiger partial charge >= 0.3 is 0 Å². The maximum Gasteiger partial charge on any atom is 0.130 e. The van der Waals surface area contributed by atoms with Crippen molar-refractivity contribution in [1.82, 2.24) is 9.78 Å². The van der Waals surface area contributed by atoms with Gasteiger partial charge in [-0.2, -0.15) is 5.10 Å². The van der Waals surface area contributed by atoms with E-state index in [1.807, 2.05) is 18.7 Å². The van der Waals surface area contributed by atoms with Gasteiger partial charge in [0.15, 0.2) is 0 Å². The van der Waals surface area contributed by atoms with E-state index in [1.54, 1.807) is 0 Å². The van der Waals surface area contributed by atoms with Crippen LogP contribution in [-0.4, -0.2) is 28.9 Å². The van der Waals surface area contributed by atoms with Crippen LogP contribution in [0, 0.1) is 12.8 Å². The Bertz CT molecular complexity index is 393. The molecule has 104 valence electrons. The van der Waals surface area contributed by atoms with Gasteiger partial charge in [-0.25, -0.2) is 0 Å². The first-order chi connectivity index (χ1) is 8.25. The van der Waals surface area contributed by atoms with Crippen LogP contribution in [-0.2, 0) is 13.5 Å². The lowest BCUT2D eigenvalue weighted by molar-refractivity contribution is 0.495. The topological polar surface area (TPSA) is 47.1 Å². The van der Waals surface area contributed by atoms with Crippen LogP contribution in [0.5, 0.6) is 0 Å². The van der Waals surface area contributed by atoms with Crippen LogP contribution >= 0.6 is 0 Å². The Balaban J connectivity index is 3.14. The lowest BCUT2D eigenvalue weighted by Crippen LogP contribution is -2.35. The van der Waals surface area contributed by atoms with Gasteiger partial charge in [-0.15, -0.1) is 0 Å². The average molecular weight is 252 g/mol. The van der Waals surface area contributed by atoms with Gasteiger partial charge in [0.05, 0.1) is 5.69 Å². The molecule has 1 rings (SSSR count). The Labute approximate surface area is 111 Å². The van der Waals surface area contributed by atoms with Crippen LogP contribution < -0.4 is 10.6 Å². The predicted molar refractivity (Wildman–Crippen MR) is 78.0 cm³/mol. The highest BCUT2D eigenvalue weighted by atomic mass is 15.4. The fraction of sp³-hybridized carbons (Fsp3) is 0.786. The standard InChI is InChI=1S/C14H28N4/c1-9(2)12(5)17(6)14-13(8-10(3)15)11(4)16-18(14)7/h9-10,12H,8,15H2,1-7H3. The molecule has 1 aromatic heterocycles. The maximum absolute atomic E-state index is 5.95. The summed E-state index contributed by atoms with van der Waals surface area (Å²) in [5.41, 5.74) is 8.32. The second-order valence-electron chi connectivity index (χ2n) is 5.79. The van der Waals surface area contributed by atoms with Crippen molar-refractivity contribution < 1.29 is 0 Å². The first-order valence-electron chi connectivity index (χ1n) is 6.76. The van der Waals surface area contributed by atoms with E-state index >= 15 is 0 Å². The number of hydrogen-bond donors (Lipinski definition) is 1. The van der Waals surface area contributed by atoms with Crippen LogP contribution in [0.1, 0.15) is 39.0 Å².